The molecule has 1 aromatic heterocycles. The first-order valence-corrected chi connectivity index (χ1v) is 10.2. The normalized spacial score (nSPS) is 11.2. The molecule has 1 heterocycles. The molecule has 2 aromatic rings. The van der Waals surface area contributed by atoms with Gasteiger partial charge >= 0.3 is 0 Å². The van der Waals surface area contributed by atoms with Crippen molar-refractivity contribution >= 4 is 35.4 Å². The first kappa shape index (κ1) is 23.9. The molecule has 1 aromatic carbocycles. The van der Waals surface area contributed by atoms with Gasteiger partial charge < -0.3 is 21.7 Å². The number of amides is 1. The van der Waals surface area contributed by atoms with Crippen molar-refractivity contribution in [2.45, 2.75) is 40.0 Å². The Labute approximate surface area is 184 Å². The van der Waals surface area contributed by atoms with Crippen molar-refractivity contribution in [3.63, 3.8) is 0 Å². The predicted octanol–water partition coefficient (Wildman–Crippen LogP) is 3.53. The zero-order chi connectivity index (χ0) is 23.3. The van der Waals surface area contributed by atoms with Gasteiger partial charge in [-0.2, -0.15) is 9.97 Å². The van der Waals surface area contributed by atoms with Crippen molar-refractivity contribution in [2.24, 2.45) is 4.99 Å². The molecular formula is C23H33N7O. The van der Waals surface area contributed by atoms with Gasteiger partial charge in [0, 0.05) is 43.7 Å². The van der Waals surface area contributed by atoms with Crippen molar-refractivity contribution < 1.29 is 4.79 Å². The van der Waals surface area contributed by atoms with Gasteiger partial charge in [-0.3, -0.25) is 4.79 Å². The van der Waals surface area contributed by atoms with Gasteiger partial charge in [0.05, 0.1) is 0 Å². The minimum Gasteiger partial charge on any atom is -0.383 e. The lowest BCUT2D eigenvalue weighted by atomic mass is 10.00. The summed E-state index contributed by atoms with van der Waals surface area (Å²) in [4.78, 5) is 26.9. The molecule has 166 valence electrons. The van der Waals surface area contributed by atoms with Crippen LogP contribution in [0.3, 0.4) is 0 Å². The monoisotopic (exact) mass is 423 g/mol. The number of hydrogen-bond donors (Lipinski definition) is 3. The third kappa shape index (κ3) is 5.59. The molecular weight excluding hydrogens is 390 g/mol. The topological polar surface area (TPSA) is 123 Å². The molecule has 0 unspecified atom stereocenters. The van der Waals surface area contributed by atoms with Gasteiger partial charge in [-0.25, -0.2) is 4.99 Å². The van der Waals surface area contributed by atoms with E-state index < -0.39 is 0 Å². The van der Waals surface area contributed by atoms with Gasteiger partial charge in [0.25, 0.3) is 5.91 Å². The molecule has 5 N–H and O–H groups in total. The zero-order valence-electron chi connectivity index (χ0n) is 19.3. The molecule has 8 nitrogen and oxygen atoms in total. The number of anilines is 3. The Hall–Kier alpha value is -3.42. The minimum atomic E-state index is -0.0776. The quantitative estimate of drug-likeness (QED) is 0.558. The van der Waals surface area contributed by atoms with E-state index in [1.165, 1.54) is 0 Å². The number of nitrogen functional groups attached to an aromatic ring is 2. The summed E-state index contributed by atoms with van der Waals surface area (Å²) >= 11 is 0. The van der Waals surface area contributed by atoms with Gasteiger partial charge in [-0.05, 0) is 55.0 Å². The number of nitrogens with one attached hydrogen (secondary N) is 1. The standard InChI is InChI=1S/C23H33N7O/c1-13(2)19-20(24)28-23(25)29-21(19)27-12-14(3)10-11-30(7)18-9-8-17(22(31)26-6)15(4)16(18)5/h8-9,12-13H,3,10-11H2,1-2,4-7H3,(H,26,31)(H4,24,25,28,29). The predicted molar refractivity (Wildman–Crippen MR) is 129 cm³/mol. The van der Waals surface area contributed by atoms with Crippen LogP contribution >= 0.6 is 0 Å². The van der Waals surface area contributed by atoms with Crippen molar-refractivity contribution in [1.82, 2.24) is 15.3 Å². The molecule has 0 saturated carbocycles. The highest BCUT2D eigenvalue weighted by Gasteiger charge is 2.15. The maximum Gasteiger partial charge on any atom is 0.251 e. The van der Waals surface area contributed by atoms with E-state index >= 15 is 0 Å². The Morgan fingerprint density at radius 3 is 2.55 bits per heavy atom. The maximum absolute atomic E-state index is 12.0. The Morgan fingerprint density at radius 2 is 1.94 bits per heavy atom. The molecule has 1 amide bonds. The Kier molecular flexibility index (Phi) is 7.74. The van der Waals surface area contributed by atoms with E-state index in [1.54, 1.807) is 13.3 Å². The van der Waals surface area contributed by atoms with E-state index in [1.807, 2.05) is 46.9 Å². The van der Waals surface area contributed by atoms with Crippen LogP contribution in [0.15, 0.2) is 29.3 Å². The number of nitrogens with zero attached hydrogens (tertiary/aromatic N) is 4. The van der Waals surface area contributed by atoms with E-state index in [9.17, 15) is 4.79 Å². The summed E-state index contributed by atoms with van der Waals surface area (Å²) in [7, 11) is 3.66. The van der Waals surface area contributed by atoms with Gasteiger partial charge in [0.1, 0.15) is 5.82 Å². The number of benzene rings is 1. The van der Waals surface area contributed by atoms with Crippen molar-refractivity contribution in [1.29, 1.82) is 0 Å². The lowest BCUT2D eigenvalue weighted by Crippen LogP contribution is -2.23. The highest BCUT2D eigenvalue weighted by atomic mass is 16.1. The highest BCUT2D eigenvalue weighted by Crippen LogP contribution is 2.30. The highest BCUT2D eigenvalue weighted by molar-refractivity contribution is 5.96. The third-order valence-electron chi connectivity index (χ3n) is 5.33. The van der Waals surface area contributed by atoms with E-state index in [-0.39, 0.29) is 17.8 Å². The lowest BCUT2D eigenvalue weighted by Gasteiger charge is -2.23. The zero-order valence-corrected chi connectivity index (χ0v) is 19.3. The molecule has 0 aliphatic heterocycles. The van der Waals surface area contributed by atoms with Crippen molar-refractivity contribution in [3.05, 3.63) is 46.5 Å². The van der Waals surface area contributed by atoms with Crippen molar-refractivity contribution in [3.8, 4) is 0 Å². The number of carbonyl (C=O) groups is 1. The van der Waals surface area contributed by atoms with Crippen LogP contribution in [0, 0.1) is 13.8 Å². The fraction of sp³-hybridized carbons (Fsp3) is 0.391. The fourth-order valence-corrected chi connectivity index (χ4v) is 3.39. The summed E-state index contributed by atoms with van der Waals surface area (Å²) in [6.45, 7) is 12.9. The molecule has 0 radical (unpaired) electrons. The van der Waals surface area contributed by atoms with Gasteiger partial charge in [-0.15, -0.1) is 0 Å². The number of carbonyl (C=O) groups excluding carboxylic acids is 1. The first-order chi connectivity index (χ1) is 14.6. The second-order valence-electron chi connectivity index (χ2n) is 7.91. The van der Waals surface area contributed by atoms with Crippen LogP contribution in [0.25, 0.3) is 0 Å². The Morgan fingerprint density at radius 1 is 1.26 bits per heavy atom. The summed E-state index contributed by atoms with van der Waals surface area (Å²) in [6.07, 6.45) is 2.41. The third-order valence-corrected chi connectivity index (χ3v) is 5.33. The van der Waals surface area contributed by atoms with E-state index in [0.29, 0.717) is 23.6 Å². The van der Waals surface area contributed by atoms with E-state index in [2.05, 4.69) is 31.8 Å². The van der Waals surface area contributed by atoms with Crippen LogP contribution in [0.2, 0.25) is 0 Å². The Bertz CT molecular complexity index is 1010. The molecule has 0 spiro atoms. The second kappa shape index (κ2) is 10.1. The summed E-state index contributed by atoms with van der Waals surface area (Å²) in [6, 6.07) is 3.84. The lowest BCUT2D eigenvalue weighted by molar-refractivity contribution is 0.0962. The molecule has 0 aliphatic carbocycles. The molecule has 2 rings (SSSR count). The maximum atomic E-state index is 12.0. The molecule has 0 fully saturated rings. The van der Waals surface area contributed by atoms with Crippen LogP contribution in [-0.4, -0.2) is 42.7 Å². The summed E-state index contributed by atoms with van der Waals surface area (Å²) < 4.78 is 0. The SMILES string of the molecule is C=C(C=Nc1nc(N)nc(N)c1C(C)C)CCN(C)c1ccc(C(=O)NC)c(C)c1C. The number of rotatable bonds is 8. The Balaban J connectivity index is 2.10. The van der Waals surface area contributed by atoms with Crippen LogP contribution < -0.4 is 21.7 Å². The minimum absolute atomic E-state index is 0.0776. The summed E-state index contributed by atoms with van der Waals surface area (Å²) in [5.74, 6) is 0.976. The summed E-state index contributed by atoms with van der Waals surface area (Å²) in [5.41, 5.74) is 17.2. The number of nitrogens with two attached hydrogens (primary N) is 2. The van der Waals surface area contributed by atoms with E-state index in [4.69, 9.17) is 11.5 Å². The first-order valence-electron chi connectivity index (χ1n) is 10.2. The fourth-order valence-electron chi connectivity index (χ4n) is 3.39. The largest absolute Gasteiger partial charge is 0.383 e. The average molecular weight is 424 g/mol. The second-order valence-corrected chi connectivity index (χ2v) is 7.91. The number of aromatic nitrogens is 2. The van der Waals surface area contributed by atoms with Gasteiger partial charge in [0.2, 0.25) is 5.95 Å². The van der Waals surface area contributed by atoms with Gasteiger partial charge in [-0.1, -0.05) is 20.4 Å². The van der Waals surface area contributed by atoms with Crippen LogP contribution in [-0.2, 0) is 0 Å². The average Bonchev–Trinajstić information content (AvgIpc) is 2.70. The molecule has 8 heteroatoms. The van der Waals surface area contributed by atoms with Crippen LogP contribution in [0.4, 0.5) is 23.3 Å². The molecule has 0 atom stereocenters. The van der Waals surface area contributed by atoms with Gasteiger partial charge in [0.15, 0.2) is 5.82 Å². The molecule has 0 saturated heterocycles. The smallest absolute Gasteiger partial charge is 0.251 e. The van der Waals surface area contributed by atoms with E-state index in [0.717, 1.165) is 34.5 Å². The van der Waals surface area contributed by atoms with Crippen molar-refractivity contribution in [2.75, 3.05) is 37.0 Å². The number of aliphatic imine (C=N–C) groups is 1. The molecule has 31 heavy (non-hydrogen) atoms. The molecule has 0 bridgehead atoms. The van der Waals surface area contributed by atoms with Crippen LogP contribution in [0.1, 0.15) is 53.2 Å². The molecule has 0 aliphatic rings. The summed E-state index contributed by atoms with van der Waals surface area (Å²) in [5, 5.41) is 2.68. The number of hydrogen-bond acceptors (Lipinski definition) is 7. The van der Waals surface area contributed by atoms with Crippen LogP contribution in [0.5, 0.6) is 0 Å².